The van der Waals surface area contributed by atoms with E-state index in [1.54, 1.807) is 38.6 Å². The molecule has 5 heterocycles. The van der Waals surface area contributed by atoms with Crippen molar-refractivity contribution in [2.75, 3.05) is 59.5 Å². The number of likely N-dealkylation sites (N-methyl/N-ethyl adjacent to an activating group) is 1. The topological polar surface area (TPSA) is 111 Å². The number of nitrogens with one attached hydrogen (secondary N) is 1. The first-order valence-corrected chi connectivity index (χ1v) is 15.3. The van der Waals surface area contributed by atoms with Gasteiger partial charge in [0.2, 0.25) is 5.91 Å². The van der Waals surface area contributed by atoms with Gasteiger partial charge in [0, 0.05) is 80.6 Å². The summed E-state index contributed by atoms with van der Waals surface area (Å²) in [7, 11) is -1.94. The molecule has 1 unspecified atom stereocenters. The highest BCUT2D eigenvalue weighted by atomic mass is 35.5. The van der Waals surface area contributed by atoms with E-state index >= 15 is 0 Å². The maximum absolute atomic E-state index is 13.9. The Hall–Kier alpha value is -2.90. The zero-order chi connectivity index (χ0) is 28.0. The summed E-state index contributed by atoms with van der Waals surface area (Å²) in [6.45, 7) is 3.97. The molecule has 1 aromatic carbocycles. The zero-order valence-corrected chi connectivity index (χ0v) is 24.0. The minimum atomic E-state index is -4.00. The van der Waals surface area contributed by atoms with Crippen LogP contribution in [0, 0.1) is 0 Å². The van der Waals surface area contributed by atoms with E-state index in [0.717, 1.165) is 30.6 Å². The standard InChI is InChI=1S/C27H33ClN6O5S/c1-30-5-4-19-16-33(17-21(19)15-30)27(36)32-6-7-34(23(18-32)14-26(35)31-8-10-39-11-9-31)40(37,38)25-13-20-12-22(28)2-3-24(20)29-25/h2-3,12-13,16-17,23,29H,4-11,14-15,18H2,1H3. The molecule has 1 N–H and O–H groups in total. The molecule has 0 aliphatic carbocycles. The molecule has 1 atom stereocenters. The van der Waals surface area contributed by atoms with E-state index in [2.05, 4.69) is 16.9 Å². The number of aromatic amines is 1. The van der Waals surface area contributed by atoms with Crippen LogP contribution in [0.3, 0.4) is 0 Å². The van der Waals surface area contributed by atoms with Crippen molar-refractivity contribution in [1.82, 2.24) is 28.6 Å². The number of aromatic nitrogens is 2. The van der Waals surface area contributed by atoms with Crippen molar-refractivity contribution in [3.05, 3.63) is 52.8 Å². The van der Waals surface area contributed by atoms with Crippen LogP contribution in [0.15, 0.2) is 41.7 Å². The Kier molecular flexibility index (Phi) is 7.38. The first-order chi connectivity index (χ1) is 19.2. The maximum atomic E-state index is 13.9. The molecule has 0 radical (unpaired) electrons. The molecule has 2 aromatic heterocycles. The highest BCUT2D eigenvalue weighted by molar-refractivity contribution is 7.89. The quantitative estimate of drug-likeness (QED) is 0.500. The van der Waals surface area contributed by atoms with Crippen molar-refractivity contribution < 1.29 is 22.7 Å². The summed E-state index contributed by atoms with van der Waals surface area (Å²) in [4.78, 5) is 35.4. The van der Waals surface area contributed by atoms with Crippen LogP contribution < -0.4 is 0 Å². The molecule has 0 saturated carbocycles. The lowest BCUT2D eigenvalue weighted by Gasteiger charge is -2.40. The normalized spacial score (nSPS) is 21.1. The number of morpholine rings is 1. The van der Waals surface area contributed by atoms with Crippen LogP contribution in [-0.4, -0.2) is 114 Å². The van der Waals surface area contributed by atoms with Gasteiger partial charge in [0.1, 0.15) is 5.03 Å². The Morgan fingerprint density at radius 3 is 2.60 bits per heavy atom. The van der Waals surface area contributed by atoms with Gasteiger partial charge in [0.15, 0.2) is 0 Å². The van der Waals surface area contributed by atoms with Crippen LogP contribution in [0.5, 0.6) is 0 Å². The third-order valence-electron chi connectivity index (χ3n) is 8.04. The van der Waals surface area contributed by atoms with Crippen molar-refractivity contribution in [3.63, 3.8) is 0 Å². The largest absolute Gasteiger partial charge is 0.378 e. The van der Waals surface area contributed by atoms with Crippen LogP contribution in [0.4, 0.5) is 4.79 Å². The number of benzene rings is 1. The van der Waals surface area contributed by atoms with Gasteiger partial charge < -0.3 is 24.4 Å². The number of nitrogens with zero attached hydrogens (tertiary/aromatic N) is 5. The van der Waals surface area contributed by atoms with Crippen LogP contribution >= 0.6 is 11.6 Å². The van der Waals surface area contributed by atoms with E-state index in [9.17, 15) is 18.0 Å². The number of piperazine rings is 1. The number of hydrogen-bond acceptors (Lipinski definition) is 6. The smallest absolute Gasteiger partial charge is 0.328 e. The number of ether oxygens (including phenoxy) is 1. The molecule has 6 rings (SSSR count). The summed E-state index contributed by atoms with van der Waals surface area (Å²) in [5, 5.41) is 1.23. The molecule has 3 aliphatic rings. The Morgan fingerprint density at radius 1 is 1.02 bits per heavy atom. The second kappa shape index (κ2) is 10.8. The Labute approximate surface area is 238 Å². The third-order valence-corrected chi connectivity index (χ3v) is 10.2. The van der Waals surface area contributed by atoms with Crippen LogP contribution in [0.25, 0.3) is 10.9 Å². The first-order valence-electron chi connectivity index (χ1n) is 13.5. The summed E-state index contributed by atoms with van der Waals surface area (Å²) in [5.74, 6) is -0.148. The monoisotopic (exact) mass is 588 g/mol. The van der Waals surface area contributed by atoms with Gasteiger partial charge in [0.05, 0.1) is 19.3 Å². The predicted octanol–water partition coefficient (Wildman–Crippen LogP) is 2.20. The zero-order valence-electron chi connectivity index (χ0n) is 22.4. The molecule has 3 aromatic rings. The van der Waals surface area contributed by atoms with Crippen LogP contribution in [0.2, 0.25) is 5.02 Å². The van der Waals surface area contributed by atoms with E-state index in [0.29, 0.717) is 42.2 Å². The molecule has 2 fully saturated rings. The molecule has 2 saturated heterocycles. The van der Waals surface area contributed by atoms with Crippen LogP contribution in [-0.2, 0) is 32.5 Å². The highest BCUT2D eigenvalue weighted by Gasteiger charge is 2.40. The van der Waals surface area contributed by atoms with Gasteiger partial charge in [-0.05, 0) is 48.9 Å². The third kappa shape index (κ3) is 5.26. The van der Waals surface area contributed by atoms with Gasteiger partial charge in [0.25, 0.3) is 10.0 Å². The van der Waals surface area contributed by atoms with Gasteiger partial charge in [-0.15, -0.1) is 0 Å². The minimum Gasteiger partial charge on any atom is -0.378 e. The lowest BCUT2D eigenvalue weighted by atomic mass is 10.1. The number of hydrogen-bond donors (Lipinski definition) is 1. The van der Waals surface area contributed by atoms with Crippen molar-refractivity contribution >= 4 is 44.5 Å². The molecule has 0 spiro atoms. The van der Waals surface area contributed by atoms with Gasteiger partial charge in [-0.2, -0.15) is 4.31 Å². The second-order valence-electron chi connectivity index (χ2n) is 10.8. The van der Waals surface area contributed by atoms with Crippen LogP contribution in [0.1, 0.15) is 17.5 Å². The molecule has 40 heavy (non-hydrogen) atoms. The number of H-pyrrole nitrogens is 1. The lowest BCUT2D eigenvalue weighted by Crippen LogP contribution is -2.58. The SMILES string of the molecule is CN1CCc2cn(C(=O)N3CCN(S(=O)(=O)c4cc5cc(Cl)ccc5[nH]4)C(CC(=O)N4CCOCC4)C3)cc2C1. The fourth-order valence-electron chi connectivity index (χ4n) is 5.84. The van der Waals surface area contributed by atoms with Gasteiger partial charge in [-0.1, -0.05) is 11.6 Å². The number of carbonyl (C=O) groups excluding carboxylic acids is 2. The second-order valence-corrected chi connectivity index (χ2v) is 13.1. The Balaban J connectivity index is 1.27. The fourth-order valence-corrected chi connectivity index (χ4v) is 7.65. The van der Waals surface area contributed by atoms with Gasteiger partial charge in [-0.25, -0.2) is 13.2 Å². The fraction of sp³-hybridized carbons (Fsp3) is 0.481. The van der Waals surface area contributed by atoms with Gasteiger partial charge >= 0.3 is 6.03 Å². The van der Waals surface area contributed by atoms with Crippen molar-refractivity contribution in [2.24, 2.45) is 0 Å². The molecule has 11 nitrogen and oxygen atoms in total. The van der Waals surface area contributed by atoms with E-state index in [1.165, 1.54) is 4.31 Å². The number of fused-ring (bicyclic) bond motifs is 2. The maximum Gasteiger partial charge on any atom is 0.328 e. The summed E-state index contributed by atoms with van der Waals surface area (Å²) in [6, 6.07) is 5.78. The molecule has 2 amide bonds. The Morgan fingerprint density at radius 2 is 1.80 bits per heavy atom. The highest BCUT2D eigenvalue weighted by Crippen LogP contribution is 2.28. The van der Waals surface area contributed by atoms with Crippen molar-refractivity contribution in [1.29, 1.82) is 0 Å². The molecule has 214 valence electrons. The summed E-state index contributed by atoms with van der Waals surface area (Å²) in [6.07, 6.45) is 4.61. The number of rotatable bonds is 4. The van der Waals surface area contributed by atoms with Gasteiger partial charge in [-0.3, -0.25) is 9.36 Å². The molecule has 0 bridgehead atoms. The van der Waals surface area contributed by atoms with E-state index in [4.69, 9.17) is 16.3 Å². The average molecular weight is 589 g/mol. The Bertz CT molecular complexity index is 1550. The number of amides is 2. The average Bonchev–Trinajstić information content (AvgIpc) is 3.57. The number of sulfonamides is 1. The molecule has 13 heteroatoms. The van der Waals surface area contributed by atoms with E-state index in [-0.39, 0.29) is 43.0 Å². The predicted molar refractivity (Wildman–Crippen MR) is 150 cm³/mol. The van der Waals surface area contributed by atoms with Crippen molar-refractivity contribution in [2.45, 2.75) is 30.5 Å². The number of halogens is 1. The van der Waals surface area contributed by atoms with E-state index < -0.39 is 16.1 Å². The lowest BCUT2D eigenvalue weighted by molar-refractivity contribution is -0.136. The summed E-state index contributed by atoms with van der Waals surface area (Å²) < 4.78 is 36.2. The molecular formula is C27H33ClN6O5S. The molecular weight excluding hydrogens is 556 g/mol. The first kappa shape index (κ1) is 27.3. The molecule has 3 aliphatic heterocycles. The summed E-state index contributed by atoms with van der Waals surface area (Å²) in [5.41, 5.74) is 2.94. The minimum absolute atomic E-state index is 0.0258. The van der Waals surface area contributed by atoms with E-state index in [1.807, 2.05) is 12.4 Å². The van der Waals surface area contributed by atoms with Crippen molar-refractivity contribution in [3.8, 4) is 0 Å². The summed E-state index contributed by atoms with van der Waals surface area (Å²) >= 11 is 6.12. The number of carbonyl (C=O) groups is 2.